The quantitative estimate of drug-likeness (QED) is 0.0222. The van der Waals surface area contributed by atoms with E-state index in [0.29, 0.717) is 25.7 Å². The second-order valence-electron chi connectivity index (χ2n) is 27.7. The first kappa shape index (κ1) is 94.1. The van der Waals surface area contributed by atoms with E-state index in [1.54, 1.807) is 0 Å². The van der Waals surface area contributed by atoms with Crippen molar-refractivity contribution in [3.63, 3.8) is 0 Å². The molecule has 0 aromatic rings. The van der Waals surface area contributed by atoms with Crippen LogP contribution in [0, 0.1) is 0 Å². The fourth-order valence-corrected chi connectivity index (χ4v) is 13.5. The van der Waals surface area contributed by atoms with E-state index in [4.69, 9.17) is 37.0 Å². The number of hydrogen-bond donors (Lipinski definition) is 3. The Morgan fingerprint density at radius 3 is 0.615 bits per heavy atom. The van der Waals surface area contributed by atoms with Crippen molar-refractivity contribution in [3.8, 4) is 0 Å². The smallest absolute Gasteiger partial charge is 0.462 e. The molecule has 0 fully saturated rings. The van der Waals surface area contributed by atoms with Crippen LogP contribution in [0.4, 0.5) is 0 Å². The van der Waals surface area contributed by atoms with Gasteiger partial charge < -0.3 is 33.8 Å². The number of aliphatic hydroxyl groups excluding tert-OH is 1. The number of ether oxygens (including phenoxy) is 4. The van der Waals surface area contributed by atoms with Gasteiger partial charge in [-0.15, -0.1) is 0 Å². The van der Waals surface area contributed by atoms with E-state index in [1.807, 2.05) is 0 Å². The summed E-state index contributed by atoms with van der Waals surface area (Å²) >= 11 is 0. The van der Waals surface area contributed by atoms with E-state index in [0.717, 1.165) is 89.9 Å². The molecule has 19 heteroatoms. The molecule has 96 heavy (non-hydrogen) atoms. The molecule has 5 atom stereocenters. The Balaban J connectivity index is 5.19. The Bertz CT molecular complexity index is 1830. The minimum absolute atomic E-state index is 0.108. The topological polar surface area (TPSA) is 237 Å². The van der Waals surface area contributed by atoms with E-state index in [9.17, 15) is 43.2 Å². The highest BCUT2D eigenvalue weighted by molar-refractivity contribution is 7.47. The van der Waals surface area contributed by atoms with E-state index >= 15 is 0 Å². The maximum atomic E-state index is 13.1. The van der Waals surface area contributed by atoms with Gasteiger partial charge in [-0.05, 0) is 25.7 Å². The molecule has 0 rings (SSSR count). The van der Waals surface area contributed by atoms with Crippen LogP contribution in [-0.2, 0) is 65.4 Å². The van der Waals surface area contributed by atoms with Crippen LogP contribution in [-0.4, -0.2) is 96.7 Å². The Labute approximate surface area is 588 Å². The third kappa shape index (κ3) is 70.5. The van der Waals surface area contributed by atoms with E-state index in [-0.39, 0.29) is 25.7 Å². The van der Waals surface area contributed by atoms with Gasteiger partial charge in [-0.2, -0.15) is 0 Å². The maximum Gasteiger partial charge on any atom is 0.472 e. The molecule has 0 bridgehead atoms. The first-order valence-corrected chi connectivity index (χ1v) is 43.3. The van der Waals surface area contributed by atoms with Gasteiger partial charge in [-0.3, -0.25) is 37.3 Å². The van der Waals surface area contributed by atoms with E-state index in [2.05, 4.69) is 27.7 Å². The lowest BCUT2D eigenvalue weighted by Gasteiger charge is -2.21. The molecule has 0 aliphatic heterocycles. The summed E-state index contributed by atoms with van der Waals surface area (Å²) in [6.45, 7) is 4.99. The van der Waals surface area contributed by atoms with Crippen LogP contribution in [0.25, 0.3) is 0 Å². The van der Waals surface area contributed by atoms with Crippen molar-refractivity contribution < 1.29 is 80.2 Å². The summed E-state index contributed by atoms with van der Waals surface area (Å²) in [5.74, 6) is -2.11. The molecule has 0 aliphatic carbocycles. The minimum Gasteiger partial charge on any atom is -0.462 e. The molecule has 0 saturated carbocycles. The summed E-state index contributed by atoms with van der Waals surface area (Å²) in [7, 11) is -9.91. The standard InChI is InChI=1S/C77H150O17P2/c1-5-9-13-17-21-25-29-32-33-34-35-36-37-38-39-41-44-48-52-56-60-64-77(82)94-73(68-88-75(80)62-58-54-50-46-43-40-30-26-22-18-14-10-6-2)70-92-96(85,86)90-66-71(78)65-89-95(83,84)91-69-72(67-87-74(79)61-57-53-49-45-28-24-20-16-12-8-4)93-76(81)63-59-55-51-47-42-31-27-23-19-15-11-7-3/h71-73,78H,5-70H2,1-4H3,(H,83,84)(H,85,86)/t71-,72+,73+/m0/s1. The number of carbonyl (C=O) groups excluding carboxylic acids is 4. The predicted molar refractivity (Wildman–Crippen MR) is 391 cm³/mol. The van der Waals surface area contributed by atoms with Crippen LogP contribution in [0.15, 0.2) is 0 Å². The second-order valence-corrected chi connectivity index (χ2v) is 30.7. The van der Waals surface area contributed by atoms with Crippen molar-refractivity contribution in [2.45, 2.75) is 431 Å². The average molecular weight is 1410 g/mol. The van der Waals surface area contributed by atoms with Crippen LogP contribution >= 0.6 is 15.6 Å². The highest BCUT2D eigenvalue weighted by atomic mass is 31.2. The van der Waals surface area contributed by atoms with Crippen molar-refractivity contribution >= 4 is 39.5 Å². The summed E-state index contributed by atoms with van der Waals surface area (Å²) in [4.78, 5) is 72.8. The van der Waals surface area contributed by atoms with Gasteiger partial charge in [0.1, 0.15) is 19.3 Å². The summed E-state index contributed by atoms with van der Waals surface area (Å²) in [5, 5.41) is 10.6. The van der Waals surface area contributed by atoms with Gasteiger partial charge in [0, 0.05) is 25.7 Å². The van der Waals surface area contributed by atoms with Crippen molar-refractivity contribution in [1.82, 2.24) is 0 Å². The second kappa shape index (κ2) is 71.5. The number of rotatable bonds is 78. The summed E-state index contributed by atoms with van der Waals surface area (Å²) in [5.41, 5.74) is 0. The first-order chi connectivity index (χ1) is 46.7. The van der Waals surface area contributed by atoms with E-state index in [1.165, 1.54) is 244 Å². The predicted octanol–water partition coefficient (Wildman–Crippen LogP) is 23.0. The lowest BCUT2D eigenvalue weighted by atomic mass is 10.0. The largest absolute Gasteiger partial charge is 0.472 e. The molecule has 17 nitrogen and oxygen atoms in total. The molecule has 0 aromatic carbocycles. The molecule has 0 aromatic heterocycles. The Kier molecular flexibility index (Phi) is 70.0. The van der Waals surface area contributed by atoms with Crippen molar-refractivity contribution in [2.75, 3.05) is 39.6 Å². The lowest BCUT2D eigenvalue weighted by molar-refractivity contribution is -0.161. The fourth-order valence-electron chi connectivity index (χ4n) is 11.9. The number of phosphoric ester groups is 2. The molecule has 570 valence electrons. The number of hydrogen-bond acceptors (Lipinski definition) is 15. The van der Waals surface area contributed by atoms with Crippen LogP contribution < -0.4 is 0 Å². The molecular formula is C77H150O17P2. The van der Waals surface area contributed by atoms with Gasteiger partial charge in [0.15, 0.2) is 12.2 Å². The number of phosphoric acid groups is 2. The molecule has 0 amide bonds. The third-order valence-electron chi connectivity index (χ3n) is 18.1. The van der Waals surface area contributed by atoms with Crippen molar-refractivity contribution in [3.05, 3.63) is 0 Å². The van der Waals surface area contributed by atoms with E-state index < -0.39 is 97.5 Å². The van der Waals surface area contributed by atoms with Gasteiger partial charge in [0.05, 0.1) is 26.4 Å². The highest BCUT2D eigenvalue weighted by Crippen LogP contribution is 2.45. The lowest BCUT2D eigenvalue weighted by Crippen LogP contribution is -2.30. The van der Waals surface area contributed by atoms with Crippen LogP contribution in [0.1, 0.15) is 413 Å². The molecule has 2 unspecified atom stereocenters. The minimum atomic E-state index is -4.96. The summed E-state index contributed by atoms with van der Waals surface area (Å²) in [6, 6.07) is 0. The number of carbonyl (C=O) groups is 4. The van der Waals surface area contributed by atoms with Gasteiger partial charge in [-0.25, -0.2) is 9.13 Å². The van der Waals surface area contributed by atoms with Crippen LogP contribution in [0.2, 0.25) is 0 Å². The Morgan fingerprint density at radius 2 is 0.417 bits per heavy atom. The van der Waals surface area contributed by atoms with Crippen molar-refractivity contribution in [2.24, 2.45) is 0 Å². The zero-order valence-corrected chi connectivity index (χ0v) is 64.1. The fraction of sp³-hybridized carbons (Fsp3) is 0.948. The van der Waals surface area contributed by atoms with Crippen LogP contribution in [0.5, 0.6) is 0 Å². The maximum absolute atomic E-state index is 13.1. The van der Waals surface area contributed by atoms with Crippen LogP contribution in [0.3, 0.4) is 0 Å². The molecule has 0 saturated heterocycles. The third-order valence-corrected chi connectivity index (χ3v) is 20.0. The highest BCUT2D eigenvalue weighted by Gasteiger charge is 2.30. The molecule has 0 aliphatic rings. The SMILES string of the molecule is CCCCCCCCCCCCCCCCCCCCCCCC(=O)O[C@H](COC(=O)CCCCCCCCCCCCCCC)COP(=O)(O)OC[C@@H](O)COP(=O)(O)OC[C@@H](COC(=O)CCCCCCCCCCCC)OC(=O)CCCCCCCCCCCCCC. The average Bonchev–Trinajstić information content (AvgIpc) is 1.39. The zero-order chi connectivity index (χ0) is 70.4. The zero-order valence-electron chi connectivity index (χ0n) is 62.4. The van der Waals surface area contributed by atoms with Crippen molar-refractivity contribution in [1.29, 1.82) is 0 Å². The number of aliphatic hydroxyl groups is 1. The Morgan fingerprint density at radius 1 is 0.250 bits per heavy atom. The molecule has 0 radical (unpaired) electrons. The number of unbranched alkanes of at least 4 members (excludes halogenated alkanes) is 52. The first-order valence-electron chi connectivity index (χ1n) is 40.3. The van der Waals surface area contributed by atoms with Gasteiger partial charge in [0.25, 0.3) is 0 Å². The normalized spacial score (nSPS) is 13.9. The van der Waals surface area contributed by atoms with Gasteiger partial charge in [0.2, 0.25) is 0 Å². The van der Waals surface area contributed by atoms with Gasteiger partial charge in [-0.1, -0.05) is 362 Å². The summed E-state index contributed by atoms with van der Waals surface area (Å²) in [6.07, 6.45) is 62.4. The monoisotopic (exact) mass is 1410 g/mol. The van der Waals surface area contributed by atoms with Gasteiger partial charge >= 0.3 is 39.5 Å². The summed E-state index contributed by atoms with van der Waals surface area (Å²) < 4.78 is 68.5. The molecule has 0 spiro atoms. The molecular weight excluding hydrogens is 1260 g/mol. The number of esters is 4. The Hall–Kier alpha value is -1.94. The molecule has 3 N–H and O–H groups in total. The molecule has 0 heterocycles.